The van der Waals surface area contributed by atoms with E-state index in [0.717, 1.165) is 36.6 Å². The lowest BCUT2D eigenvalue weighted by atomic mass is 9.88. The van der Waals surface area contributed by atoms with E-state index in [1.165, 1.54) is 27.6 Å². The number of alkyl halides is 1. The standard InChI is InChI=1S/C48H46F2IN11O6/c1-25-15-31(16-26(2)39(25)49)62-42(60-11-10-59(46(60)65)35-6-5-34-32(40(35)50)23-53-57(34)4)38(33(21-51)55-62)37-24-66-14-12-58(37)43(63)36-18-29-17-30(28-7-13-67-47(20-28)8-9-47)22-52-41(29)61(36)48(19-27(48)3)44-54-45(64)68-56-44/h5-6,10-11,15-18,22-23,27-28,37H,7-9,12-14,19-21,24H2,1-4H3,(H,54,56,64)/t27-,28-,37-,48-/m0/s1. The van der Waals surface area contributed by atoms with Gasteiger partial charge in [0.15, 0.2) is 11.6 Å². The van der Waals surface area contributed by atoms with Gasteiger partial charge in [-0.15, -0.1) is 0 Å². The number of amides is 1. The van der Waals surface area contributed by atoms with Crippen LogP contribution in [0.25, 0.3) is 39.1 Å². The van der Waals surface area contributed by atoms with Crippen LogP contribution >= 0.6 is 22.6 Å². The molecule has 1 N–H and O–H groups in total. The summed E-state index contributed by atoms with van der Waals surface area (Å²) in [6.07, 6.45) is 10.8. The minimum absolute atomic E-state index is 0.0207. The van der Waals surface area contributed by atoms with Gasteiger partial charge in [-0.25, -0.2) is 28.0 Å². The average molecular weight is 1040 g/mol. The molecule has 1 spiro atoms. The van der Waals surface area contributed by atoms with Crippen molar-refractivity contribution >= 4 is 50.4 Å². The molecule has 20 heteroatoms. The van der Waals surface area contributed by atoms with Gasteiger partial charge in [0.2, 0.25) is 0 Å². The number of fused-ring (bicyclic) bond motifs is 2. The molecule has 4 fully saturated rings. The summed E-state index contributed by atoms with van der Waals surface area (Å²) in [5.41, 5.74) is 3.26. The number of carbonyl (C=O) groups is 1. The number of nitrogens with zero attached hydrogens (tertiary/aromatic N) is 10. The lowest BCUT2D eigenvalue weighted by Crippen LogP contribution is -2.45. The van der Waals surface area contributed by atoms with Crippen molar-refractivity contribution in [2.24, 2.45) is 13.0 Å². The first-order valence-electron chi connectivity index (χ1n) is 22.8. The molecule has 0 unspecified atom stereocenters. The second-order valence-electron chi connectivity index (χ2n) is 18.9. The number of ether oxygens (including phenoxy) is 2. The van der Waals surface area contributed by atoms with E-state index in [-0.39, 0.29) is 65.8 Å². The smallest absolute Gasteiger partial charge is 0.377 e. The summed E-state index contributed by atoms with van der Waals surface area (Å²) >= 11 is 2.21. The summed E-state index contributed by atoms with van der Waals surface area (Å²) in [5, 5.41) is 14.5. The molecule has 2 aromatic carbocycles. The largest absolute Gasteiger partial charge is 0.438 e. The van der Waals surface area contributed by atoms with Crippen LogP contribution in [0.3, 0.4) is 0 Å². The highest BCUT2D eigenvalue weighted by atomic mass is 127. The van der Waals surface area contributed by atoms with E-state index in [0.29, 0.717) is 68.2 Å². The summed E-state index contributed by atoms with van der Waals surface area (Å²) in [7, 11) is 1.71. The Balaban J connectivity index is 1.03. The molecule has 8 aromatic rings. The predicted octanol–water partition coefficient (Wildman–Crippen LogP) is 6.98. The van der Waals surface area contributed by atoms with Gasteiger partial charge in [-0.1, -0.05) is 34.7 Å². The Morgan fingerprint density at radius 2 is 1.78 bits per heavy atom. The minimum Gasteiger partial charge on any atom is -0.377 e. The van der Waals surface area contributed by atoms with Crippen molar-refractivity contribution in [3.05, 3.63) is 133 Å². The maximum Gasteiger partial charge on any atom is 0.438 e. The molecule has 17 nitrogen and oxygen atoms in total. The molecule has 4 aliphatic rings. The minimum atomic E-state index is -0.946. The lowest BCUT2D eigenvalue weighted by molar-refractivity contribution is -0.0132. The zero-order chi connectivity index (χ0) is 47.0. The van der Waals surface area contributed by atoms with Crippen LogP contribution in [-0.4, -0.2) is 91.2 Å². The number of carbonyl (C=O) groups excluding carboxylic acids is 1. The number of benzene rings is 2. The SMILES string of the molecule is Cc1cc(-n2nc(CI)c([C@@H]3COCCN3C(=O)c3cc4cc([C@H]5CCOC6(CC6)C5)cnc4n3[C@@]3(c4noc(=O)[nH]4)C[C@@H]3C)c2-n2ccn(-c3ccc4c(cnn4C)c3F)c2=O)cc(C)c1F. The summed E-state index contributed by atoms with van der Waals surface area (Å²) in [4.78, 5) is 52.8. The van der Waals surface area contributed by atoms with Gasteiger partial charge in [0.05, 0.1) is 59.0 Å². The third-order valence-electron chi connectivity index (χ3n) is 14.8. The second kappa shape index (κ2) is 15.6. The van der Waals surface area contributed by atoms with Crippen molar-refractivity contribution in [3.8, 4) is 17.2 Å². The van der Waals surface area contributed by atoms with Crippen molar-refractivity contribution in [2.75, 3.05) is 26.4 Å². The summed E-state index contributed by atoms with van der Waals surface area (Å²) in [5.74, 6) is -1.25. The molecule has 4 atom stereocenters. The normalized spacial score (nSPS) is 22.2. The Morgan fingerprint density at radius 1 is 1.00 bits per heavy atom. The summed E-state index contributed by atoms with van der Waals surface area (Å²) in [6, 6.07) is 9.76. The highest BCUT2D eigenvalue weighted by molar-refractivity contribution is 14.1. The maximum absolute atomic E-state index is 16.3. The first kappa shape index (κ1) is 43.0. The van der Waals surface area contributed by atoms with Crippen LogP contribution in [0.15, 0.2) is 75.3 Å². The van der Waals surface area contributed by atoms with E-state index in [4.69, 9.17) is 24.1 Å². The number of aryl methyl sites for hydroxylation is 3. The number of aromatic amines is 1. The molecule has 68 heavy (non-hydrogen) atoms. The number of imidazole rings is 1. The van der Waals surface area contributed by atoms with Crippen LogP contribution in [0.4, 0.5) is 8.78 Å². The van der Waals surface area contributed by atoms with E-state index >= 15 is 13.6 Å². The second-order valence-corrected chi connectivity index (χ2v) is 19.6. The van der Waals surface area contributed by atoms with E-state index in [2.05, 4.69) is 43.9 Å². The molecule has 2 saturated carbocycles. The lowest BCUT2D eigenvalue weighted by Gasteiger charge is -2.36. The van der Waals surface area contributed by atoms with Crippen LogP contribution in [0.5, 0.6) is 0 Å². The van der Waals surface area contributed by atoms with Crippen LogP contribution in [0.2, 0.25) is 0 Å². The van der Waals surface area contributed by atoms with E-state index < -0.39 is 28.8 Å². The molecule has 0 bridgehead atoms. The zero-order valence-electron chi connectivity index (χ0n) is 37.6. The number of aromatic nitrogens is 10. The molecule has 0 radical (unpaired) electrons. The Hall–Kier alpha value is -6.26. The fourth-order valence-corrected chi connectivity index (χ4v) is 11.5. The van der Waals surface area contributed by atoms with Gasteiger partial charge in [0.25, 0.3) is 5.91 Å². The average Bonchev–Trinajstić information content (AvgIpc) is 3.75. The van der Waals surface area contributed by atoms with Crippen LogP contribution in [0, 0.1) is 31.4 Å². The van der Waals surface area contributed by atoms with E-state index in [9.17, 15) is 9.59 Å². The van der Waals surface area contributed by atoms with Crippen molar-refractivity contribution < 1.29 is 27.6 Å². The third kappa shape index (κ3) is 6.52. The number of pyridine rings is 1. The molecule has 350 valence electrons. The highest BCUT2D eigenvalue weighted by Gasteiger charge is 2.59. The Labute approximate surface area is 399 Å². The molecule has 12 rings (SSSR count). The molecule has 8 heterocycles. The third-order valence-corrected chi connectivity index (χ3v) is 15.5. The quantitative estimate of drug-likeness (QED) is 0.117. The molecule has 1 amide bonds. The first-order valence-corrected chi connectivity index (χ1v) is 24.3. The van der Waals surface area contributed by atoms with Gasteiger partial charge < -0.3 is 18.9 Å². The fraction of sp³-hybridized carbons (Fsp3) is 0.396. The molecule has 2 aliphatic carbocycles. The van der Waals surface area contributed by atoms with Crippen molar-refractivity contribution in [2.45, 2.75) is 80.4 Å². The van der Waals surface area contributed by atoms with E-state index in [1.807, 2.05) is 23.8 Å². The summed E-state index contributed by atoms with van der Waals surface area (Å²) in [6.45, 7) is 6.48. The molecular weight excluding hydrogens is 991 g/mol. The van der Waals surface area contributed by atoms with Crippen molar-refractivity contribution in [1.82, 2.24) is 53.3 Å². The van der Waals surface area contributed by atoms with Crippen molar-refractivity contribution in [3.63, 3.8) is 0 Å². The number of nitrogens with one attached hydrogen (secondary N) is 1. The van der Waals surface area contributed by atoms with Gasteiger partial charge in [-0.05, 0) is 111 Å². The van der Waals surface area contributed by atoms with Crippen LogP contribution in [0.1, 0.15) is 95.2 Å². The molecular formula is C48H46F2IN11O6. The number of H-pyrrole nitrogens is 1. The highest BCUT2D eigenvalue weighted by Crippen LogP contribution is 2.56. The maximum atomic E-state index is 16.3. The number of morpholine rings is 1. The van der Waals surface area contributed by atoms with Gasteiger partial charge in [-0.2, -0.15) is 10.2 Å². The monoisotopic (exact) mass is 1040 g/mol. The molecule has 2 aliphatic heterocycles. The van der Waals surface area contributed by atoms with Gasteiger partial charge in [0.1, 0.15) is 28.5 Å². The van der Waals surface area contributed by atoms with Gasteiger partial charge in [0, 0.05) is 54.2 Å². The molecule has 2 saturated heterocycles. The Bertz CT molecular complexity index is 3480. The zero-order valence-corrected chi connectivity index (χ0v) is 39.8. The summed E-state index contributed by atoms with van der Waals surface area (Å²) < 4.78 is 57.0. The topological polar surface area (TPSA) is 178 Å². The number of halogens is 3. The van der Waals surface area contributed by atoms with Crippen molar-refractivity contribution in [1.29, 1.82) is 0 Å². The van der Waals surface area contributed by atoms with Gasteiger partial charge >= 0.3 is 11.4 Å². The van der Waals surface area contributed by atoms with Crippen LogP contribution in [-0.2, 0) is 26.5 Å². The number of rotatable bonds is 9. The first-order chi connectivity index (χ1) is 32.8. The van der Waals surface area contributed by atoms with E-state index in [1.54, 1.807) is 59.6 Å². The fourth-order valence-electron chi connectivity index (χ4n) is 11.0. The van der Waals surface area contributed by atoms with Gasteiger partial charge in [-0.3, -0.25) is 28.1 Å². The van der Waals surface area contributed by atoms with Crippen LogP contribution < -0.4 is 11.4 Å². The number of hydrogen-bond donors (Lipinski definition) is 1. The molecule has 6 aromatic heterocycles. The number of hydrogen-bond acceptors (Lipinski definition) is 10. The Kier molecular flexibility index (Phi) is 9.90. The predicted molar refractivity (Wildman–Crippen MR) is 252 cm³/mol. The Morgan fingerprint density at radius 3 is 2.50 bits per heavy atom.